The lowest BCUT2D eigenvalue weighted by Gasteiger charge is -2.19. The Morgan fingerprint density at radius 1 is 1.38 bits per heavy atom. The SMILES string of the molecule is CCC(CC)C(Cl)CNC(=O)c1cc(C)ccc1[N+](=O)[O-]. The zero-order valence-electron chi connectivity index (χ0n) is 12.6. The van der Waals surface area contributed by atoms with Crippen LogP contribution in [0.3, 0.4) is 0 Å². The molecule has 1 aromatic carbocycles. The van der Waals surface area contributed by atoms with Crippen LogP contribution in [0, 0.1) is 23.0 Å². The van der Waals surface area contributed by atoms with Crippen LogP contribution >= 0.6 is 11.6 Å². The highest BCUT2D eigenvalue weighted by atomic mass is 35.5. The summed E-state index contributed by atoms with van der Waals surface area (Å²) in [5, 5.41) is 13.5. The van der Waals surface area contributed by atoms with Crippen molar-refractivity contribution < 1.29 is 9.72 Å². The lowest BCUT2D eigenvalue weighted by molar-refractivity contribution is -0.385. The number of carbonyl (C=O) groups excluding carboxylic acids is 1. The van der Waals surface area contributed by atoms with Crippen LogP contribution in [0.25, 0.3) is 0 Å². The van der Waals surface area contributed by atoms with Gasteiger partial charge in [0.1, 0.15) is 5.56 Å². The monoisotopic (exact) mass is 312 g/mol. The highest BCUT2D eigenvalue weighted by Gasteiger charge is 2.22. The van der Waals surface area contributed by atoms with E-state index in [0.717, 1.165) is 18.4 Å². The first-order valence-electron chi connectivity index (χ1n) is 7.07. The van der Waals surface area contributed by atoms with Gasteiger partial charge < -0.3 is 5.32 Å². The summed E-state index contributed by atoms with van der Waals surface area (Å²) in [4.78, 5) is 22.6. The summed E-state index contributed by atoms with van der Waals surface area (Å²) >= 11 is 6.26. The van der Waals surface area contributed by atoms with Gasteiger partial charge in [-0.05, 0) is 24.5 Å². The predicted molar refractivity (Wildman–Crippen MR) is 83.9 cm³/mol. The summed E-state index contributed by atoms with van der Waals surface area (Å²) < 4.78 is 0. The molecule has 0 fully saturated rings. The molecule has 0 saturated carbocycles. The molecule has 1 amide bonds. The van der Waals surface area contributed by atoms with Gasteiger partial charge in [0.2, 0.25) is 0 Å². The topological polar surface area (TPSA) is 72.2 Å². The van der Waals surface area contributed by atoms with Gasteiger partial charge in [-0.2, -0.15) is 0 Å². The van der Waals surface area contributed by atoms with Crippen molar-refractivity contribution in [2.24, 2.45) is 5.92 Å². The van der Waals surface area contributed by atoms with E-state index in [4.69, 9.17) is 11.6 Å². The van der Waals surface area contributed by atoms with E-state index in [-0.39, 0.29) is 16.6 Å². The second-order valence-corrected chi connectivity index (χ2v) is 5.64. The molecule has 0 aliphatic carbocycles. The average molecular weight is 313 g/mol. The first-order valence-corrected chi connectivity index (χ1v) is 7.51. The van der Waals surface area contributed by atoms with Crippen LogP contribution in [0.1, 0.15) is 42.6 Å². The molecule has 0 radical (unpaired) electrons. The Kier molecular flexibility index (Phi) is 6.62. The van der Waals surface area contributed by atoms with Crippen molar-refractivity contribution >= 4 is 23.2 Å². The number of benzene rings is 1. The van der Waals surface area contributed by atoms with Gasteiger partial charge in [-0.25, -0.2) is 0 Å². The molecule has 0 spiro atoms. The van der Waals surface area contributed by atoms with Gasteiger partial charge >= 0.3 is 0 Å². The molecule has 0 heterocycles. The number of amides is 1. The van der Waals surface area contributed by atoms with E-state index < -0.39 is 10.8 Å². The van der Waals surface area contributed by atoms with E-state index >= 15 is 0 Å². The number of nitrogens with one attached hydrogen (secondary N) is 1. The van der Waals surface area contributed by atoms with E-state index in [1.54, 1.807) is 13.0 Å². The van der Waals surface area contributed by atoms with E-state index in [0.29, 0.717) is 12.5 Å². The van der Waals surface area contributed by atoms with Crippen molar-refractivity contribution in [1.82, 2.24) is 5.32 Å². The number of nitro benzene ring substituents is 1. The molecule has 0 saturated heterocycles. The maximum Gasteiger partial charge on any atom is 0.282 e. The molecule has 116 valence electrons. The smallest absolute Gasteiger partial charge is 0.282 e. The summed E-state index contributed by atoms with van der Waals surface area (Å²) in [6, 6.07) is 4.49. The van der Waals surface area contributed by atoms with E-state index in [1.165, 1.54) is 12.1 Å². The number of hydrogen-bond acceptors (Lipinski definition) is 3. The van der Waals surface area contributed by atoms with Gasteiger partial charge in [0.05, 0.1) is 10.3 Å². The van der Waals surface area contributed by atoms with Crippen molar-refractivity contribution in [3.05, 3.63) is 39.4 Å². The molecule has 0 aliphatic rings. The minimum Gasteiger partial charge on any atom is -0.350 e. The number of hydrogen-bond donors (Lipinski definition) is 1. The summed E-state index contributed by atoms with van der Waals surface area (Å²) in [5.74, 6) is -0.138. The quantitative estimate of drug-likeness (QED) is 0.474. The number of aryl methyl sites for hydroxylation is 1. The van der Waals surface area contributed by atoms with Crippen LogP contribution in [0.2, 0.25) is 0 Å². The van der Waals surface area contributed by atoms with Crippen LogP contribution < -0.4 is 5.32 Å². The molecule has 6 heteroatoms. The van der Waals surface area contributed by atoms with Crippen LogP contribution in [-0.4, -0.2) is 22.8 Å². The summed E-state index contributed by atoms with van der Waals surface area (Å²) in [5.41, 5.74) is 0.688. The lowest BCUT2D eigenvalue weighted by atomic mass is 9.99. The molecular formula is C15H21ClN2O3. The number of carbonyl (C=O) groups is 1. The van der Waals surface area contributed by atoms with Crippen molar-refractivity contribution in [2.45, 2.75) is 39.0 Å². The van der Waals surface area contributed by atoms with Crippen molar-refractivity contribution in [3.63, 3.8) is 0 Å². The van der Waals surface area contributed by atoms with Crippen molar-refractivity contribution in [3.8, 4) is 0 Å². The minimum absolute atomic E-state index is 0.0772. The Morgan fingerprint density at radius 3 is 2.52 bits per heavy atom. The highest BCUT2D eigenvalue weighted by Crippen LogP contribution is 2.21. The Morgan fingerprint density at radius 2 is 2.00 bits per heavy atom. The minimum atomic E-state index is -0.548. The normalized spacial score (nSPS) is 12.2. The van der Waals surface area contributed by atoms with E-state index in [1.807, 2.05) is 0 Å². The van der Waals surface area contributed by atoms with Gasteiger partial charge in [0.15, 0.2) is 0 Å². The fraction of sp³-hybridized carbons (Fsp3) is 0.533. The maximum absolute atomic E-state index is 12.2. The molecule has 1 rings (SSSR count). The molecule has 0 bridgehead atoms. The standard InChI is InChI=1S/C15H21ClN2O3/c1-4-11(5-2)13(16)9-17-15(19)12-8-10(3)6-7-14(12)18(20)21/h6-8,11,13H,4-5,9H2,1-3H3,(H,17,19). The van der Waals surface area contributed by atoms with Gasteiger partial charge in [0, 0.05) is 12.6 Å². The third-order valence-electron chi connectivity index (χ3n) is 3.61. The molecule has 21 heavy (non-hydrogen) atoms. The third-order valence-corrected chi connectivity index (χ3v) is 4.12. The molecule has 1 unspecified atom stereocenters. The number of halogens is 1. The van der Waals surface area contributed by atoms with E-state index in [2.05, 4.69) is 19.2 Å². The Bertz CT molecular complexity index is 516. The zero-order valence-corrected chi connectivity index (χ0v) is 13.3. The molecule has 0 aromatic heterocycles. The number of alkyl halides is 1. The van der Waals surface area contributed by atoms with Crippen molar-refractivity contribution in [2.75, 3.05) is 6.54 Å². The first kappa shape index (κ1) is 17.4. The second-order valence-electron chi connectivity index (χ2n) is 5.08. The third kappa shape index (κ3) is 4.70. The molecule has 5 nitrogen and oxygen atoms in total. The number of rotatable bonds is 7. The summed E-state index contributed by atoms with van der Waals surface area (Å²) in [6.45, 7) is 6.19. The Labute approximate surface area is 129 Å². The molecule has 1 aromatic rings. The largest absolute Gasteiger partial charge is 0.350 e. The van der Waals surface area contributed by atoms with Gasteiger partial charge in [-0.15, -0.1) is 11.6 Å². The van der Waals surface area contributed by atoms with Crippen LogP contribution in [-0.2, 0) is 0 Å². The molecular weight excluding hydrogens is 292 g/mol. The second kappa shape index (κ2) is 7.98. The maximum atomic E-state index is 12.2. The summed E-state index contributed by atoms with van der Waals surface area (Å²) in [6.07, 6.45) is 1.87. The predicted octanol–water partition coefficient (Wildman–Crippen LogP) is 3.68. The van der Waals surface area contributed by atoms with Gasteiger partial charge in [-0.1, -0.05) is 32.8 Å². The van der Waals surface area contributed by atoms with Gasteiger partial charge in [-0.3, -0.25) is 14.9 Å². The fourth-order valence-electron chi connectivity index (χ4n) is 2.24. The summed E-state index contributed by atoms with van der Waals surface area (Å²) in [7, 11) is 0. The highest BCUT2D eigenvalue weighted by molar-refractivity contribution is 6.21. The number of nitrogens with zero attached hydrogens (tertiary/aromatic N) is 1. The lowest BCUT2D eigenvalue weighted by Crippen LogP contribution is -2.33. The zero-order chi connectivity index (χ0) is 16.0. The fourth-order valence-corrected chi connectivity index (χ4v) is 2.68. The Hall–Kier alpha value is -1.62. The van der Waals surface area contributed by atoms with Crippen LogP contribution in [0.4, 0.5) is 5.69 Å². The first-order chi connectivity index (χ1) is 9.90. The molecule has 0 aliphatic heterocycles. The average Bonchev–Trinajstić information content (AvgIpc) is 2.45. The number of nitro groups is 1. The van der Waals surface area contributed by atoms with E-state index in [9.17, 15) is 14.9 Å². The molecule has 1 N–H and O–H groups in total. The van der Waals surface area contributed by atoms with Crippen LogP contribution in [0.5, 0.6) is 0 Å². The molecule has 1 atom stereocenters. The van der Waals surface area contributed by atoms with Gasteiger partial charge in [0.25, 0.3) is 11.6 Å². The Balaban J connectivity index is 2.80. The van der Waals surface area contributed by atoms with Crippen LogP contribution in [0.15, 0.2) is 18.2 Å². The van der Waals surface area contributed by atoms with Crippen molar-refractivity contribution in [1.29, 1.82) is 0 Å².